The van der Waals surface area contributed by atoms with E-state index >= 15 is 0 Å². The summed E-state index contributed by atoms with van der Waals surface area (Å²) >= 11 is 12.2. The molecule has 110 valence electrons. The topological polar surface area (TPSA) is 66.5 Å². The van der Waals surface area contributed by atoms with Gasteiger partial charge in [0.2, 0.25) is 5.91 Å². The number of urea groups is 1. The summed E-state index contributed by atoms with van der Waals surface area (Å²) in [6.07, 6.45) is 2.42. The number of para-hydroxylation sites is 1. The average molecular weight is 327 g/mol. The van der Waals surface area contributed by atoms with Gasteiger partial charge in [-0.05, 0) is 25.0 Å². The van der Waals surface area contributed by atoms with Gasteiger partial charge in [0.15, 0.2) is 0 Å². The molecule has 3 rings (SSSR count). The molecule has 1 aliphatic carbocycles. The van der Waals surface area contributed by atoms with Gasteiger partial charge in [-0.15, -0.1) is 0 Å². The minimum Gasteiger partial charge on any atom is -0.276 e. The van der Waals surface area contributed by atoms with Gasteiger partial charge in [0.25, 0.3) is 5.91 Å². The lowest BCUT2D eigenvalue weighted by Gasteiger charge is -2.37. The quantitative estimate of drug-likeness (QED) is 0.806. The van der Waals surface area contributed by atoms with Gasteiger partial charge in [-0.3, -0.25) is 14.9 Å². The number of halogens is 2. The number of benzene rings is 1. The molecule has 7 heteroatoms. The van der Waals surface area contributed by atoms with Crippen molar-refractivity contribution in [2.45, 2.75) is 25.7 Å². The molecule has 21 heavy (non-hydrogen) atoms. The van der Waals surface area contributed by atoms with Gasteiger partial charge < -0.3 is 0 Å². The first-order chi connectivity index (χ1) is 9.97. The summed E-state index contributed by atoms with van der Waals surface area (Å²) in [5.74, 6) is -1.06. The summed E-state index contributed by atoms with van der Waals surface area (Å²) in [6.45, 7) is 0. The Morgan fingerprint density at radius 2 is 1.62 bits per heavy atom. The number of nitrogens with zero attached hydrogens (tertiary/aromatic N) is 1. The van der Waals surface area contributed by atoms with Gasteiger partial charge in [-0.25, -0.2) is 9.69 Å². The van der Waals surface area contributed by atoms with Crippen LogP contribution in [-0.2, 0) is 9.59 Å². The van der Waals surface area contributed by atoms with Crippen molar-refractivity contribution in [3.05, 3.63) is 28.2 Å². The fourth-order valence-electron chi connectivity index (χ4n) is 3.00. The van der Waals surface area contributed by atoms with Crippen LogP contribution in [0.1, 0.15) is 25.7 Å². The Balaban J connectivity index is 2.11. The Morgan fingerprint density at radius 3 is 2.19 bits per heavy atom. The third-order valence-corrected chi connectivity index (χ3v) is 4.70. The van der Waals surface area contributed by atoms with Crippen molar-refractivity contribution in [3.63, 3.8) is 0 Å². The Morgan fingerprint density at radius 1 is 1.05 bits per heavy atom. The number of imide groups is 2. The van der Waals surface area contributed by atoms with E-state index in [0.717, 1.165) is 17.7 Å². The van der Waals surface area contributed by atoms with E-state index in [9.17, 15) is 14.4 Å². The van der Waals surface area contributed by atoms with Crippen LogP contribution in [0.3, 0.4) is 0 Å². The number of nitrogens with one attached hydrogen (secondary N) is 1. The van der Waals surface area contributed by atoms with Crippen molar-refractivity contribution in [3.8, 4) is 0 Å². The molecule has 1 spiro atoms. The molecule has 0 radical (unpaired) electrons. The summed E-state index contributed by atoms with van der Waals surface area (Å²) in [5.41, 5.74) is -1.04. The van der Waals surface area contributed by atoms with Crippen LogP contribution in [0, 0.1) is 5.41 Å². The number of hydrogen-bond donors (Lipinski definition) is 1. The molecule has 0 aromatic heterocycles. The van der Waals surface area contributed by atoms with E-state index in [4.69, 9.17) is 23.2 Å². The van der Waals surface area contributed by atoms with E-state index in [1.54, 1.807) is 18.2 Å². The van der Waals surface area contributed by atoms with Gasteiger partial charge in [-0.2, -0.15) is 0 Å². The number of barbiturate groups is 1. The zero-order valence-electron chi connectivity index (χ0n) is 11.0. The van der Waals surface area contributed by atoms with Crippen molar-refractivity contribution in [1.82, 2.24) is 5.32 Å². The van der Waals surface area contributed by atoms with E-state index in [1.807, 2.05) is 0 Å². The zero-order chi connectivity index (χ0) is 15.2. The third kappa shape index (κ3) is 2.03. The normalized spacial score (nSPS) is 21.0. The number of carbonyl (C=O) groups is 3. The molecule has 2 aliphatic rings. The molecular weight excluding hydrogens is 315 g/mol. The summed E-state index contributed by atoms with van der Waals surface area (Å²) < 4.78 is 0. The molecule has 2 fully saturated rings. The first-order valence-electron chi connectivity index (χ1n) is 6.61. The Labute approximate surface area is 131 Å². The van der Waals surface area contributed by atoms with Gasteiger partial charge in [0.05, 0.1) is 15.7 Å². The van der Waals surface area contributed by atoms with Crippen molar-refractivity contribution < 1.29 is 14.4 Å². The van der Waals surface area contributed by atoms with Crippen LogP contribution in [0.15, 0.2) is 18.2 Å². The maximum atomic E-state index is 12.8. The number of amides is 4. The molecule has 1 N–H and O–H groups in total. The summed E-state index contributed by atoms with van der Waals surface area (Å²) in [6, 6.07) is 3.90. The van der Waals surface area contributed by atoms with E-state index < -0.39 is 23.3 Å². The highest BCUT2D eigenvalue weighted by Crippen LogP contribution is 2.45. The van der Waals surface area contributed by atoms with Crippen LogP contribution >= 0.6 is 23.2 Å². The minimum atomic E-state index is -1.17. The molecule has 0 unspecified atom stereocenters. The van der Waals surface area contributed by atoms with E-state index in [0.29, 0.717) is 12.8 Å². The highest BCUT2D eigenvalue weighted by Gasteiger charge is 2.55. The lowest BCUT2D eigenvalue weighted by Crippen LogP contribution is -2.63. The predicted octanol–water partition coefficient (Wildman–Crippen LogP) is 3.14. The van der Waals surface area contributed by atoms with Crippen molar-refractivity contribution in [2.24, 2.45) is 5.41 Å². The largest absolute Gasteiger partial charge is 0.335 e. The maximum absolute atomic E-state index is 12.8. The van der Waals surface area contributed by atoms with Crippen LogP contribution in [0.5, 0.6) is 0 Å². The molecule has 1 aromatic rings. The van der Waals surface area contributed by atoms with E-state index in [2.05, 4.69) is 5.32 Å². The van der Waals surface area contributed by atoms with E-state index in [-0.39, 0.29) is 15.7 Å². The standard InChI is InChI=1S/C14H12Cl2N2O3/c15-8-4-3-5-9(16)10(8)18-12(20)14(6-1-2-7-14)11(19)17-13(18)21/h3-5H,1-2,6-7H2,(H,17,19,21). The highest BCUT2D eigenvalue weighted by molar-refractivity contribution is 6.43. The second-order valence-corrected chi connectivity index (χ2v) is 6.07. The van der Waals surface area contributed by atoms with Crippen LogP contribution in [0.4, 0.5) is 10.5 Å². The second kappa shape index (κ2) is 5.00. The van der Waals surface area contributed by atoms with Crippen LogP contribution < -0.4 is 10.2 Å². The predicted molar refractivity (Wildman–Crippen MR) is 78.4 cm³/mol. The van der Waals surface area contributed by atoms with Gasteiger partial charge in [-0.1, -0.05) is 42.1 Å². The molecule has 0 bridgehead atoms. The number of hydrogen-bond acceptors (Lipinski definition) is 3. The van der Waals surface area contributed by atoms with E-state index in [1.165, 1.54) is 0 Å². The molecule has 1 aliphatic heterocycles. The average Bonchev–Trinajstić information content (AvgIpc) is 2.91. The number of anilines is 1. The Bertz CT molecular complexity index is 633. The number of carbonyl (C=O) groups excluding carboxylic acids is 3. The zero-order valence-corrected chi connectivity index (χ0v) is 12.5. The van der Waals surface area contributed by atoms with Crippen molar-refractivity contribution in [2.75, 3.05) is 4.90 Å². The smallest absolute Gasteiger partial charge is 0.276 e. The highest BCUT2D eigenvalue weighted by atomic mass is 35.5. The molecule has 4 amide bonds. The summed E-state index contributed by atoms with van der Waals surface area (Å²) in [7, 11) is 0. The van der Waals surface area contributed by atoms with Gasteiger partial charge >= 0.3 is 6.03 Å². The van der Waals surface area contributed by atoms with Gasteiger partial charge in [0, 0.05) is 0 Å². The first kappa shape index (κ1) is 14.4. The second-order valence-electron chi connectivity index (χ2n) is 5.26. The van der Waals surface area contributed by atoms with Crippen LogP contribution in [-0.4, -0.2) is 17.8 Å². The maximum Gasteiger partial charge on any atom is 0.335 e. The van der Waals surface area contributed by atoms with Crippen LogP contribution in [0.25, 0.3) is 0 Å². The van der Waals surface area contributed by atoms with Crippen molar-refractivity contribution in [1.29, 1.82) is 0 Å². The summed E-state index contributed by atoms with van der Waals surface area (Å²) in [5, 5.41) is 2.63. The monoisotopic (exact) mass is 326 g/mol. The first-order valence-corrected chi connectivity index (χ1v) is 7.37. The molecule has 1 saturated carbocycles. The molecule has 1 aromatic carbocycles. The SMILES string of the molecule is O=C1NC(=O)C2(CCCC2)C(=O)N1c1c(Cl)cccc1Cl. The minimum absolute atomic E-state index is 0.127. The fourth-order valence-corrected chi connectivity index (χ4v) is 3.57. The molecule has 0 atom stereocenters. The Hall–Kier alpha value is -1.59. The van der Waals surface area contributed by atoms with Gasteiger partial charge in [0.1, 0.15) is 5.41 Å². The number of rotatable bonds is 1. The third-order valence-electron chi connectivity index (χ3n) is 4.09. The molecule has 1 saturated heterocycles. The molecule has 5 nitrogen and oxygen atoms in total. The molecular formula is C14H12Cl2N2O3. The summed E-state index contributed by atoms with van der Waals surface area (Å²) in [4.78, 5) is 38.0. The lowest BCUT2D eigenvalue weighted by atomic mass is 9.82. The fraction of sp³-hybridized carbons (Fsp3) is 0.357. The van der Waals surface area contributed by atoms with Crippen molar-refractivity contribution >= 4 is 46.7 Å². The lowest BCUT2D eigenvalue weighted by molar-refractivity contribution is -0.142. The Kier molecular flexibility index (Phi) is 3.42. The molecule has 1 heterocycles. The van der Waals surface area contributed by atoms with Crippen LogP contribution in [0.2, 0.25) is 10.0 Å².